The van der Waals surface area contributed by atoms with Crippen molar-refractivity contribution >= 4 is 55.7 Å². The van der Waals surface area contributed by atoms with Crippen LogP contribution in [0.5, 0.6) is 0 Å². The second-order valence-corrected chi connectivity index (χ2v) is 8.58. The summed E-state index contributed by atoms with van der Waals surface area (Å²) in [7, 11) is -1.41. The first-order valence-corrected chi connectivity index (χ1v) is 10.5. The van der Waals surface area contributed by atoms with Gasteiger partial charge in [0, 0.05) is 30.9 Å². The topological polar surface area (TPSA) is 70.6 Å². The van der Waals surface area contributed by atoms with Gasteiger partial charge in [-0.1, -0.05) is 40.2 Å². The standard InChI is InChI=1S/C18H22BrN3O2S.HI/c1-20-18(22-13-15-4-3-5-16(19)12-15)21-11-10-14-6-8-17(9-7-14)25(2,23)24;/h3-9,12H,10-11,13H2,1-2H3,(H2,20,21,22);1H. The van der Waals surface area contributed by atoms with Crippen LogP contribution < -0.4 is 10.6 Å². The number of nitrogens with one attached hydrogen (secondary N) is 2. The van der Waals surface area contributed by atoms with Crippen LogP contribution in [-0.2, 0) is 22.8 Å². The third-order valence-corrected chi connectivity index (χ3v) is 5.25. The zero-order valence-electron chi connectivity index (χ0n) is 14.7. The molecule has 5 nitrogen and oxygen atoms in total. The fraction of sp³-hybridized carbons (Fsp3) is 0.278. The van der Waals surface area contributed by atoms with Crippen molar-refractivity contribution in [1.29, 1.82) is 0 Å². The largest absolute Gasteiger partial charge is 0.356 e. The molecule has 2 aromatic carbocycles. The molecule has 26 heavy (non-hydrogen) atoms. The van der Waals surface area contributed by atoms with E-state index in [0.29, 0.717) is 18.0 Å². The summed E-state index contributed by atoms with van der Waals surface area (Å²) >= 11 is 3.46. The highest BCUT2D eigenvalue weighted by Crippen LogP contribution is 2.11. The SMILES string of the molecule is CN=C(NCCc1ccc(S(C)(=O)=O)cc1)NCc1cccc(Br)c1.I. The van der Waals surface area contributed by atoms with Crippen LogP contribution in [0.4, 0.5) is 0 Å². The quantitative estimate of drug-likeness (QED) is 0.328. The summed E-state index contributed by atoms with van der Waals surface area (Å²) in [6.07, 6.45) is 1.99. The van der Waals surface area contributed by atoms with E-state index in [1.54, 1.807) is 19.2 Å². The van der Waals surface area contributed by atoms with Gasteiger partial charge in [-0.2, -0.15) is 0 Å². The van der Waals surface area contributed by atoms with E-state index in [0.717, 1.165) is 28.0 Å². The van der Waals surface area contributed by atoms with Crippen LogP contribution in [0.25, 0.3) is 0 Å². The predicted octanol–water partition coefficient (Wildman–Crippen LogP) is 3.38. The monoisotopic (exact) mass is 551 g/mol. The third-order valence-electron chi connectivity index (χ3n) is 3.63. The minimum Gasteiger partial charge on any atom is -0.356 e. The van der Waals surface area contributed by atoms with Crippen molar-refractivity contribution in [2.45, 2.75) is 17.9 Å². The highest BCUT2D eigenvalue weighted by Gasteiger charge is 2.06. The molecule has 2 aromatic rings. The highest BCUT2D eigenvalue weighted by molar-refractivity contribution is 14.0. The number of hydrogen-bond acceptors (Lipinski definition) is 3. The summed E-state index contributed by atoms with van der Waals surface area (Å²) in [5.74, 6) is 0.729. The Morgan fingerprint density at radius 1 is 1.08 bits per heavy atom. The van der Waals surface area contributed by atoms with Gasteiger partial charge in [0.1, 0.15) is 0 Å². The molecule has 0 fully saturated rings. The van der Waals surface area contributed by atoms with Crippen molar-refractivity contribution in [3.8, 4) is 0 Å². The summed E-state index contributed by atoms with van der Waals surface area (Å²) in [6.45, 7) is 1.39. The number of nitrogens with zero attached hydrogens (tertiary/aromatic N) is 1. The summed E-state index contributed by atoms with van der Waals surface area (Å²) < 4.78 is 24.0. The van der Waals surface area contributed by atoms with E-state index in [4.69, 9.17) is 0 Å². The lowest BCUT2D eigenvalue weighted by Gasteiger charge is -2.12. The molecule has 0 bridgehead atoms. The van der Waals surface area contributed by atoms with Gasteiger partial charge in [0.2, 0.25) is 0 Å². The number of benzene rings is 2. The summed E-state index contributed by atoms with van der Waals surface area (Å²) in [5, 5.41) is 6.52. The number of hydrogen-bond donors (Lipinski definition) is 2. The van der Waals surface area contributed by atoms with Gasteiger partial charge in [-0.15, -0.1) is 24.0 Å². The van der Waals surface area contributed by atoms with E-state index < -0.39 is 9.84 Å². The van der Waals surface area contributed by atoms with Gasteiger partial charge in [0.25, 0.3) is 0 Å². The third kappa shape index (κ3) is 7.63. The van der Waals surface area contributed by atoms with Crippen LogP contribution in [0.1, 0.15) is 11.1 Å². The Labute approximate surface area is 180 Å². The number of aliphatic imine (C=N–C) groups is 1. The molecule has 0 aliphatic carbocycles. The lowest BCUT2D eigenvalue weighted by molar-refractivity contribution is 0.602. The molecule has 0 aliphatic heterocycles. The average Bonchev–Trinajstić information content (AvgIpc) is 2.57. The molecule has 0 aliphatic rings. The Morgan fingerprint density at radius 2 is 1.77 bits per heavy atom. The first-order chi connectivity index (χ1) is 11.9. The number of guanidine groups is 1. The minimum atomic E-state index is -3.14. The molecule has 0 radical (unpaired) electrons. The smallest absolute Gasteiger partial charge is 0.191 e. The van der Waals surface area contributed by atoms with Crippen molar-refractivity contribution < 1.29 is 8.42 Å². The fourth-order valence-corrected chi connectivity index (χ4v) is 3.36. The van der Waals surface area contributed by atoms with Gasteiger partial charge >= 0.3 is 0 Å². The van der Waals surface area contributed by atoms with Gasteiger partial charge in [0.05, 0.1) is 4.90 Å². The fourth-order valence-electron chi connectivity index (χ4n) is 2.28. The van der Waals surface area contributed by atoms with Crippen LogP contribution in [0.2, 0.25) is 0 Å². The second-order valence-electron chi connectivity index (χ2n) is 5.65. The Balaban J connectivity index is 0.00000338. The molecule has 2 N–H and O–H groups in total. The zero-order chi connectivity index (χ0) is 18.3. The lowest BCUT2D eigenvalue weighted by Crippen LogP contribution is -2.37. The molecule has 0 amide bonds. The summed E-state index contributed by atoms with van der Waals surface area (Å²) in [6, 6.07) is 15.1. The van der Waals surface area contributed by atoms with Crippen LogP contribution in [0.15, 0.2) is 62.9 Å². The maximum Gasteiger partial charge on any atom is 0.191 e. The van der Waals surface area contributed by atoms with E-state index in [1.807, 2.05) is 30.3 Å². The van der Waals surface area contributed by atoms with Crippen molar-refractivity contribution in [1.82, 2.24) is 10.6 Å². The lowest BCUT2D eigenvalue weighted by atomic mass is 10.1. The molecule has 0 spiro atoms. The van der Waals surface area contributed by atoms with Crippen molar-refractivity contribution in [3.05, 3.63) is 64.1 Å². The Hall–Kier alpha value is -1.13. The first kappa shape index (κ1) is 22.9. The Morgan fingerprint density at radius 3 is 2.35 bits per heavy atom. The Kier molecular flexibility index (Phi) is 9.59. The maximum absolute atomic E-state index is 11.5. The Bertz CT molecular complexity index is 840. The maximum atomic E-state index is 11.5. The second kappa shape index (κ2) is 10.9. The molecule has 142 valence electrons. The minimum absolute atomic E-state index is 0. The molecular formula is C18H23BrIN3O2S. The van der Waals surface area contributed by atoms with E-state index in [9.17, 15) is 8.42 Å². The van der Waals surface area contributed by atoms with Gasteiger partial charge in [-0.3, -0.25) is 4.99 Å². The molecule has 0 saturated carbocycles. The van der Waals surface area contributed by atoms with Gasteiger partial charge in [-0.25, -0.2) is 8.42 Å². The van der Waals surface area contributed by atoms with Crippen LogP contribution in [0, 0.1) is 0 Å². The van der Waals surface area contributed by atoms with Crippen molar-refractivity contribution in [3.63, 3.8) is 0 Å². The van der Waals surface area contributed by atoms with Crippen molar-refractivity contribution in [2.24, 2.45) is 4.99 Å². The summed E-state index contributed by atoms with van der Waals surface area (Å²) in [5.41, 5.74) is 2.23. The molecule has 8 heteroatoms. The van der Waals surface area contributed by atoms with E-state index >= 15 is 0 Å². The normalized spacial score (nSPS) is 11.6. The molecule has 0 aromatic heterocycles. The number of sulfone groups is 1. The van der Waals surface area contributed by atoms with Crippen LogP contribution in [-0.4, -0.2) is 34.2 Å². The summed E-state index contributed by atoms with van der Waals surface area (Å²) in [4.78, 5) is 4.55. The molecule has 0 atom stereocenters. The first-order valence-electron chi connectivity index (χ1n) is 7.86. The van der Waals surface area contributed by atoms with E-state index in [1.165, 1.54) is 6.26 Å². The number of rotatable bonds is 6. The van der Waals surface area contributed by atoms with E-state index in [2.05, 4.69) is 37.6 Å². The van der Waals surface area contributed by atoms with Gasteiger partial charge < -0.3 is 10.6 Å². The number of halogens is 2. The zero-order valence-corrected chi connectivity index (χ0v) is 19.4. The predicted molar refractivity (Wildman–Crippen MR) is 121 cm³/mol. The molecule has 0 heterocycles. The van der Waals surface area contributed by atoms with Gasteiger partial charge in [0.15, 0.2) is 15.8 Å². The molecule has 2 rings (SSSR count). The van der Waals surface area contributed by atoms with Crippen LogP contribution in [0.3, 0.4) is 0 Å². The molecular weight excluding hydrogens is 529 g/mol. The average molecular weight is 552 g/mol. The highest BCUT2D eigenvalue weighted by atomic mass is 127. The van der Waals surface area contributed by atoms with E-state index in [-0.39, 0.29) is 24.0 Å². The van der Waals surface area contributed by atoms with Crippen LogP contribution >= 0.6 is 39.9 Å². The molecule has 0 unspecified atom stereocenters. The molecule has 0 saturated heterocycles. The van der Waals surface area contributed by atoms with Gasteiger partial charge in [-0.05, 0) is 41.8 Å². The van der Waals surface area contributed by atoms with Crippen molar-refractivity contribution in [2.75, 3.05) is 19.8 Å².